The molecule has 0 fully saturated rings. The van der Waals surface area contributed by atoms with Gasteiger partial charge in [0.25, 0.3) is 5.91 Å². The van der Waals surface area contributed by atoms with Gasteiger partial charge in [-0.2, -0.15) is 11.8 Å². The average molecular weight is 289 g/mol. The van der Waals surface area contributed by atoms with E-state index in [0.29, 0.717) is 11.8 Å². The van der Waals surface area contributed by atoms with E-state index in [1.807, 2.05) is 6.26 Å². The lowest BCUT2D eigenvalue weighted by Crippen LogP contribution is -2.41. The maximum Gasteiger partial charge on any atom is 0.326 e. The Kier molecular flexibility index (Phi) is 5.75. The first-order valence-electron chi connectivity index (χ1n) is 5.42. The van der Waals surface area contributed by atoms with Gasteiger partial charge in [0.05, 0.1) is 0 Å². The van der Waals surface area contributed by atoms with Gasteiger partial charge in [0.2, 0.25) is 0 Å². The number of carbonyl (C=O) groups excluding carboxylic acids is 1. The van der Waals surface area contributed by atoms with E-state index < -0.39 is 29.6 Å². The molecule has 0 aliphatic carbocycles. The summed E-state index contributed by atoms with van der Waals surface area (Å²) in [5, 5.41) is 11.2. The van der Waals surface area contributed by atoms with Crippen molar-refractivity contribution in [2.45, 2.75) is 12.5 Å². The summed E-state index contributed by atoms with van der Waals surface area (Å²) in [6.07, 6.45) is 2.04. The number of thioether (sulfide) groups is 1. The highest BCUT2D eigenvalue weighted by molar-refractivity contribution is 7.98. The van der Waals surface area contributed by atoms with Crippen molar-refractivity contribution in [1.29, 1.82) is 0 Å². The Balaban J connectivity index is 2.78. The molecular formula is C12H13F2NO3S. The SMILES string of the molecule is CSCC[C@H](NC(=O)c1cc(F)cc(F)c1)C(=O)O. The standard InChI is InChI=1S/C12H13F2NO3S/c1-19-3-2-10(12(17)18)15-11(16)7-4-8(13)6-9(14)5-7/h4-6,10H,2-3H2,1H3,(H,15,16)(H,17,18)/t10-/m0/s1. The van der Waals surface area contributed by atoms with Gasteiger partial charge < -0.3 is 10.4 Å². The quantitative estimate of drug-likeness (QED) is 0.839. The van der Waals surface area contributed by atoms with Crippen LogP contribution in [0.2, 0.25) is 0 Å². The van der Waals surface area contributed by atoms with Gasteiger partial charge in [0.15, 0.2) is 0 Å². The van der Waals surface area contributed by atoms with Crippen molar-refractivity contribution in [2.75, 3.05) is 12.0 Å². The van der Waals surface area contributed by atoms with Crippen molar-refractivity contribution in [3.63, 3.8) is 0 Å². The van der Waals surface area contributed by atoms with E-state index in [2.05, 4.69) is 5.32 Å². The maximum absolute atomic E-state index is 12.9. The number of hydrogen-bond acceptors (Lipinski definition) is 3. The second-order valence-corrected chi connectivity index (χ2v) is 4.79. The predicted octanol–water partition coefficient (Wildman–Crippen LogP) is 1.90. The van der Waals surface area contributed by atoms with Crippen molar-refractivity contribution in [3.8, 4) is 0 Å². The van der Waals surface area contributed by atoms with Crippen LogP contribution in [0.3, 0.4) is 0 Å². The summed E-state index contributed by atoms with van der Waals surface area (Å²) in [6, 6.07) is 1.27. The predicted molar refractivity (Wildman–Crippen MR) is 68.2 cm³/mol. The molecule has 0 aliphatic rings. The molecule has 1 aromatic rings. The maximum atomic E-state index is 12.9. The van der Waals surface area contributed by atoms with Crippen LogP contribution in [0.25, 0.3) is 0 Å². The third kappa shape index (κ3) is 4.86. The highest BCUT2D eigenvalue weighted by Crippen LogP contribution is 2.09. The molecule has 0 spiro atoms. The van der Waals surface area contributed by atoms with Crippen molar-refractivity contribution < 1.29 is 23.5 Å². The molecule has 19 heavy (non-hydrogen) atoms. The Hall–Kier alpha value is -1.63. The van der Waals surface area contributed by atoms with Gasteiger partial charge in [-0.1, -0.05) is 0 Å². The Labute approximate surface area is 113 Å². The first-order valence-corrected chi connectivity index (χ1v) is 6.82. The minimum absolute atomic E-state index is 0.236. The molecule has 1 rings (SSSR count). The first-order chi connectivity index (χ1) is 8.93. The molecule has 0 radical (unpaired) electrons. The molecule has 4 nitrogen and oxygen atoms in total. The zero-order valence-electron chi connectivity index (χ0n) is 10.2. The average Bonchev–Trinajstić information content (AvgIpc) is 2.32. The van der Waals surface area contributed by atoms with Gasteiger partial charge >= 0.3 is 5.97 Å². The normalized spacial score (nSPS) is 11.9. The van der Waals surface area contributed by atoms with Gasteiger partial charge in [-0.25, -0.2) is 13.6 Å². The van der Waals surface area contributed by atoms with Crippen molar-refractivity contribution in [2.24, 2.45) is 0 Å². The van der Waals surface area contributed by atoms with E-state index in [0.717, 1.165) is 12.1 Å². The fraction of sp³-hybridized carbons (Fsp3) is 0.333. The van der Waals surface area contributed by atoms with Crippen LogP contribution >= 0.6 is 11.8 Å². The lowest BCUT2D eigenvalue weighted by molar-refractivity contribution is -0.139. The second-order valence-electron chi connectivity index (χ2n) is 3.80. The van der Waals surface area contributed by atoms with Crippen LogP contribution < -0.4 is 5.32 Å². The summed E-state index contributed by atoms with van der Waals surface area (Å²) in [6.45, 7) is 0. The Morgan fingerprint density at radius 3 is 2.37 bits per heavy atom. The summed E-state index contributed by atoms with van der Waals surface area (Å²) >= 11 is 1.44. The fourth-order valence-electron chi connectivity index (χ4n) is 1.42. The van der Waals surface area contributed by atoms with Gasteiger partial charge in [-0.05, 0) is 30.6 Å². The van der Waals surface area contributed by atoms with Gasteiger partial charge in [0, 0.05) is 11.6 Å². The zero-order chi connectivity index (χ0) is 14.4. The van der Waals surface area contributed by atoms with E-state index in [1.54, 1.807) is 0 Å². The van der Waals surface area contributed by atoms with Crippen molar-refractivity contribution in [3.05, 3.63) is 35.4 Å². The van der Waals surface area contributed by atoms with Crippen LogP contribution in [-0.4, -0.2) is 35.0 Å². The summed E-state index contributed by atoms with van der Waals surface area (Å²) < 4.78 is 25.9. The molecule has 0 bridgehead atoms. The number of carbonyl (C=O) groups is 2. The minimum Gasteiger partial charge on any atom is -0.480 e. The Morgan fingerprint density at radius 2 is 1.89 bits per heavy atom. The molecule has 1 aromatic carbocycles. The first kappa shape index (κ1) is 15.4. The highest BCUT2D eigenvalue weighted by Gasteiger charge is 2.20. The van der Waals surface area contributed by atoms with E-state index in [4.69, 9.17) is 5.11 Å². The molecule has 0 heterocycles. The van der Waals surface area contributed by atoms with Gasteiger partial charge in [-0.15, -0.1) is 0 Å². The molecule has 1 amide bonds. The highest BCUT2D eigenvalue weighted by atomic mass is 32.2. The number of halogens is 2. The fourth-order valence-corrected chi connectivity index (χ4v) is 1.89. The van der Waals surface area contributed by atoms with Gasteiger partial charge in [0.1, 0.15) is 17.7 Å². The number of hydrogen-bond donors (Lipinski definition) is 2. The summed E-state index contributed by atoms with van der Waals surface area (Å²) in [5.41, 5.74) is -0.243. The molecule has 0 unspecified atom stereocenters. The molecule has 0 saturated carbocycles. The third-order valence-electron chi connectivity index (χ3n) is 2.34. The van der Waals surface area contributed by atoms with Crippen LogP contribution in [0, 0.1) is 11.6 Å². The molecule has 2 N–H and O–H groups in total. The topological polar surface area (TPSA) is 66.4 Å². The van der Waals surface area contributed by atoms with E-state index in [1.165, 1.54) is 11.8 Å². The minimum atomic E-state index is -1.18. The number of carboxylic acid groups (broad SMARTS) is 1. The number of aliphatic carboxylic acids is 1. The third-order valence-corrected chi connectivity index (χ3v) is 2.98. The number of rotatable bonds is 6. The van der Waals surface area contributed by atoms with E-state index in [-0.39, 0.29) is 12.0 Å². The monoisotopic (exact) mass is 289 g/mol. The van der Waals surface area contributed by atoms with Crippen LogP contribution in [0.1, 0.15) is 16.8 Å². The van der Waals surface area contributed by atoms with E-state index in [9.17, 15) is 18.4 Å². The van der Waals surface area contributed by atoms with Crippen LogP contribution in [0.15, 0.2) is 18.2 Å². The molecule has 0 saturated heterocycles. The largest absolute Gasteiger partial charge is 0.480 e. The van der Waals surface area contributed by atoms with Crippen LogP contribution in [0.5, 0.6) is 0 Å². The zero-order valence-corrected chi connectivity index (χ0v) is 11.0. The molecule has 0 aromatic heterocycles. The number of carboxylic acids is 1. The Morgan fingerprint density at radius 1 is 1.32 bits per heavy atom. The van der Waals surface area contributed by atoms with Crippen molar-refractivity contribution >= 4 is 23.6 Å². The lowest BCUT2D eigenvalue weighted by atomic mass is 10.1. The molecule has 104 valence electrons. The molecule has 1 atom stereocenters. The van der Waals surface area contributed by atoms with Crippen molar-refractivity contribution in [1.82, 2.24) is 5.32 Å². The van der Waals surface area contributed by atoms with Gasteiger partial charge in [-0.3, -0.25) is 4.79 Å². The number of amides is 1. The summed E-state index contributed by atoms with van der Waals surface area (Å²) in [5.74, 6) is -3.22. The summed E-state index contributed by atoms with van der Waals surface area (Å²) in [7, 11) is 0. The van der Waals surface area contributed by atoms with Crippen LogP contribution in [0.4, 0.5) is 8.78 Å². The second kappa shape index (κ2) is 7.08. The Bertz CT molecular complexity index is 462. The van der Waals surface area contributed by atoms with E-state index >= 15 is 0 Å². The molecule has 7 heteroatoms. The lowest BCUT2D eigenvalue weighted by Gasteiger charge is -2.14. The number of benzene rings is 1. The smallest absolute Gasteiger partial charge is 0.326 e. The molecule has 0 aliphatic heterocycles. The number of nitrogens with one attached hydrogen (secondary N) is 1. The molecular weight excluding hydrogens is 276 g/mol. The summed E-state index contributed by atoms with van der Waals surface area (Å²) in [4.78, 5) is 22.6. The van der Waals surface area contributed by atoms with Crippen LogP contribution in [-0.2, 0) is 4.79 Å².